The highest BCUT2D eigenvalue weighted by atomic mass is 35.5. The smallest absolute Gasteiger partial charge is 0.143 e. The van der Waals surface area contributed by atoms with Gasteiger partial charge >= 0.3 is 0 Å². The van der Waals surface area contributed by atoms with Crippen LogP contribution in [0.15, 0.2) is 42.6 Å². The van der Waals surface area contributed by atoms with Gasteiger partial charge < -0.3 is 10.2 Å². The van der Waals surface area contributed by atoms with Crippen molar-refractivity contribution in [1.29, 1.82) is 0 Å². The van der Waals surface area contributed by atoms with Gasteiger partial charge in [0.05, 0.1) is 0 Å². The van der Waals surface area contributed by atoms with Crippen LogP contribution in [0.4, 0.5) is 5.82 Å². The lowest BCUT2D eigenvalue weighted by Gasteiger charge is -2.06. The number of pyridine rings is 1. The fourth-order valence-electron chi connectivity index (χ4n) is 1.22. The van der Waals surface area contributed by atoms with Crippen molar-refractivity contribution in [2.45, 2.75) is 0 Å². The van der Waals surface area contributed by atoms with Gasteiger partial charge in [-0.05, 0) is 24.3 Å². The van der Waals surface area contributed by atoms with E-state index in [1.165, 1.54) is 0 Å². The quantitative estimate of drug-likeness (QED) is 0.634. The van der Waals surface area contributed by atoms with Gasteiger partial charge in [-0.2, -0.15) is 0 Å². The van der Waals surface area contributed by atoms with Gasteiger partial charge in [-0.1, -0.05) is 17.7 Å². The van der Waals surface area contributed by atoms with E-state index in [0.717, 1.165) is 0 Å². The summed E-state index contributed by atoms with van der Waals surface area (Å²) in [6.45, 7) is 0. The molecule has 16 heavy (non-hydrogen) atoms. The molecule has 0 aliphatic carbocycles. The van der Waals surface area contributed by atoms with Gasteiger partial charge in [0.2, 0.25) is 0 Å². The number of hydrogen-bond donors (Lipinski definition) is 2. The number of nitrogens with two attached hydrogens (primary N) is 1. The Hall–Kier alpha value is -1.78. The van der Waals surface area contributed by atoms with Gasteiger partial charge in [-0.25, -0.2) is 10.8 Å². The maximum Gasteiger partial charge on any atom is 0.143 e. The maximum atomic E-state index is 5.84. The van der Waals surface area contributed by atoms with Crippen LogP contribution in [0.5, 0.6) is 11.5 Å². The lowest BCUT2D eigenvalue weighted by molar-refractivity contribution is 0.482. The molecule has 4 nitrogen and oxygen atoms in total. The average Bonchev–Trinajstić information content (AvgIpc) is 2.29. The van der Waals surface area contributed by atoms with Crippen molar-refractivity contribution in [1.82, 2.24) is 4.98 Å². The summed E-state index contributed by atoms with van der Waals surface area (Å²) in [5.41, 5.74) is 2.45. The number of rotatable bonds is 3. The summed E-state index contributed by atoms with van der Waals surface area (Å²) < 4.78 is 5.58. The minimum Gasteiger partial charge on any atom is -0.457 e. The molecule has 2 aromatic rings. The van der Waals surface area contributed by atoms with Crippen molar-refractivity contribution in [2.24, 2.45) is 5.84 Å². The predicted molar refractivity (Wildman–Crippen MR) is 63.6 cm³/mol. The van der Waals surface area contributed by atoms with Crippen LogP contribution in [0.2, 0.25) is 5.02 Å². The summed E-state index contributed by atoms with van der Waals surface area (Å²) in [5.74, 6) is 7.10. The average molecular weight is 236 g/mol. The highest BCUT2D eigenvalue weighted by Gasteiger charge is 1.99. The number of ether oxygens (including phenoxy) is 1. The van der Waals surface area contributed by atoms with Gasteiger partial charge in [0, 0.05) is 17.3 Å². The Morgan fingerprint density at radius 1 is 1.19 bits per heavy atom. The monoisotopic (exact) mass is 235 g/mol. The van der Waals surface area contributed by atoms with Gasteiger partial charge in [0.25, 0.3) is 0 Å². The zero-order valence-corrected chi connectivity index (χ0v) is 9.11. The van der Waals surface area contributed by atoms with Crippen LogP contribution in [-0.4, -0.2) is 4.98 Å². The number of aromatic nitrogens is 1. The second kappa shape index (κ2) is 4.83. The summed E-state index contributed by atoms with van der Waals surface area (Å²) in [4.78, 5) is 3.97. The molecule has 0 aliphatic rings. The SMILES string of the molecule is NNc1cc(Oc2cccc(Cl)c2)ccn1. The minimum atomic E-state index is 0.541. The van der Waals surface area contributed by atoms with Crippen LogP contribution in [0.3, 0.4) is 0 Å². The number of nitrogens with zero attached hydrogens (tertiary/aromatic N) is 1. The Morgan fingerprint density at radius 2 is 2.00 bits per heavy atom. The number of nitrogen functional groups attached to an aromatic ring is 1. The van der Waals surface area contributed by atoms with Gasteiger partial charge in [0.1, 0.15) is 17.3 Å². The fourth-order valence-corrected chi connectivity index (χ4v) is 1.40. The summed E-state index contributed by atoms with van der Waals surface area (Å²) >= 11 is 5.84. The Kier molecular flexibility index (Phi) is 3.24. The van der Waals surface area contributed by atoms with Crippen LogP contribution in [0.25, 0.3) is 0 Å². The Bertz CT molecular complexity index is 490. The molecule has 82 valence electrons. The normalized spacial score (nSPS) is 9.88. The molecule has 0 atom stereocenters. The number of halogens is 1. The summed E-state index contributed by atoms with van der Waals surface area (Å²) in [6, 6.07) is 10.6. The maximum absolute atomic E-state index is 5.84. The largest absolute Gasteiger partial charge is 0.457 e. The molecular formula is C11H10ClN3O. The first kappa shape index (κ1) is 10.7. The Balaban J connectivity index is 2.20. The topological polar surface area (TPSA) is 60.2 Å². The fraction of sp³-hybridized carbons (Fsp3) is 0. The number of benzene rings is 1. The molecule has 3 N–H and O–H groups in total. The third-order valence-electron chi connectivity index (χ3n) is 1.91. The lowest BCUT2D eigenvalue weighted by Crippen LogP contribution is -2.08. The first-order chi connectivity index (χ1) is 7.78. The van der Waals surface area contributed by atoms with Crippen molar-refractivity contribution in [2.75, 3.05) is 5.43 Å². The molecule has 0 fully saturated rings. The van der Waals surface area contributed by atoms with E-state index >= 15 is 0 Å². The molecule has 1 aromatic heterocycles. The third-order valence-corrected chi connectivity index (χ3v) is 2.15. The van der Waals surface area contributed by atoms with Crippen molar-refractivity contribution < 1.29 is 4.74 Å². The Morgan fingerprint density at radius 3 is 2.75 bits per heavy atom. The second-order valence-corrected chi connectivity index (χ2v) is 3.52. The first-order valence-electron chi connectivity index (χ1n) is 4.64. The van der Waals surface area contributed by atoms with E-state index in [2.05, 4.69) is 10.4 Å². The molecule has 0 saturated carbocycles. The van der Waals surface area contributed by atoms with Gasteiger partial charge in [-0.15, -0.1) is 0 Å². The number of nitrogens with one attached hydrogen (secondary N) is 1. The summed E-state index contributed by atoms with van der Waals surface area (Å²) in [7, 11) is 0. The van der Waals surface area contributed by atoms with Crippen LogP contribution < -0.4 is 16.0 Å². The second-order valence-electron chi connectivity index (χ2n) is 3.08. The van der Waals surface area contributed by atoms with Crippen LogP contribution >= 0.6 is 11.6 Å². The van der Waals surface area contributed by atoms with Gasteiger partial charge in [-0.3, -0.25) is 0 Å². The molecule has 1 heterocycles. The standard InChI is InChI=1S/C11H10ClN3O/c12-8-2-1-3-9(6-8)16-10-4-5-14-11(7-10)15-13/h1-7H,13H2,(H,14,15). The van der Waals surface area contributed by atoms with Crippen molar-refractivity contribution in [3.05, 3.63) is 47.6 Å². The summed E-state index contributed by atoms with van der Waals surface area (Å²) in [5, 5.41) is 0.628. The van der Waals surface area contributed by atoms with Crippen molar-refractivity contribution in [3.8, 4) is 11.5 Å². The Labute approximate surface area is 98.0 Å². The van der Waals surface area contributed by atoms with Crippen molar-refractivity contribution in [3.63, 3.8) is 0 Å². The van der Waals surface area contributed by atoms with E-state index in [4.69, 9.17) is 22.2 Å². The van der Waals surface area contributed by atoms with Gasteiger partial charge in [0.15, 0.2) is 0 Å². The third kappa shape index (κ3) is 2.62. The molecule has 0 radical (unpaired) electrons. The first-order valence-corrected chi connectivity index (χ1v) is 5.02. The molecule has 5 heteroatoms. The molecule has 1 aromatic carbocycles. The van der Waals surface area contributed by atoms with Crippen LogP contribution in [0.1, 0.15) is 0 Å². The number of anilines is 1. The minimum absolute atomic E-state index is 0.541. The predicted octanol–water partition coefficient (Wildman–Crippen LogP) is 2.81. The number of hydrazine groups is 1. The molecule has 0 saturated heterocycles. The highest BCUT2D eigenvalue weighted by Crippen LogP contribution is 2.24. The van der Waals surface area contributed by atoms with Crippen LogP contribution in [-0.2, 0) is 0 Å². The van der Waals surface area contributed by atoms with Crippen LogP contribution in [0, 0.1) is 0 Å². The molecule has 0 spiro atoms. The van der Waals surface area contributed by atoms with E-state index < -0.39 is 0 Å². The zero-order chi connectivity index (χ0) is 11.4. The molecule has 0 aliphatic heterocycles. The van der Waals surface area contributed by atoms with Crippen molar-refractivity contribution >= 4 is 17.4 Å². The van der Waals surface area contributed by atoms with E-state index in [1.54, 1.807) is 30.5 Å². The zero-order valence-electron chi connectivity index (χ0n) is 8.35. The van der Waals surface area contributed by atoms with E-state index in [9.17, 15) is 0 Å². The van der Waals surface area contributed by atoms with E-state index in [1.807, 2.05) is 12.1 Å². The summed E-state index contributed by atoms with van der Waals surface area (Å²) in [6.07, 6.45) is 1.61. The van der Waals surface area contributed by atoms with E-state index in [0.29, 0.717) is 22.3 Å². The lowest BCUT2D eigenvalue weighted by atomic mass is 10.3. The number of hydrogen-bond acceptors (Lipinski definition) is 4. The molecule has 0 unspecified atom stereocenters. The molecular weight excluding hydrogens is 226 g/mol. The highest BCUT2D eigenvalue weighted by molar-refractivity contribution is 6.30. The molecule has 0 amide bonds. The molecule has 0 bridgehead atoms. The van der Waals surface area contributed by atoms with E-state index in [-0.39, 0.29) is 0 Å². The molecule has 2 rings (SSSR count).